The number of hydrogen-bond acceptors (Lipinski definition) is 0. The van der Waals surface area contributed by atoms with E-state index in [9.17, 15) is 0 Å². The molecule has 0 radical (unpaired) electrons. The molecule has 2 aliphatic carbocycles. The number of rotatable bonds is 5. The van der Waals surface area contributed by atoms with E-state index in [1.54, 1.807) is 0 Å². The zero-order valence-electron chi connectivity index (χ0n) is 46.1. The number of hydrogen-bond donors (Lipinski definition) is 0. The minimum absolute atomic E-state index is 0.106. The van der Waals surface area contributed by atoms with Crippen LogP contribution in [0.25, 0.3) is 143 Å². The summed E-state index contributed by atoms with van der Waals surface area (Å²) in [6, 6.07) is 92.3. The van der Waals surface area contributed by atoms with Crippen LogP contribution in [0.4, 0.5) is 0 Å². The first-order chi connectivity index (χ1) is 39.1. The lowest BCUT2D eigenvalue weighted by Gasteiger charge is -2.25. The lowest BCUT2D eigenvalue weighted by molar-refractivity contribution is 0.660. The van der Waals surface area contributed by atoms with Crippen LogP contribution < -0.4 is 0 Å². The van der Waals surface area contributed by atoms with Crippen LogP contribution in [-0.4, -0.2) is 0 Å². The van der Waals surface area contributed by atoms with Gasteiger partial charge in [-0.3, -0.25) is 0 Å². The Morgan fingerprint density at radius 3 is 0.975 bits per heavy atom. The van der Waals surface area contributed by atoms with E-state index >= 15 is 0 Å². The molecular weight excluding hydrogens is 961 g/mol. The second-order valence-corrected chi connectivity index (χ2v) is 23.9. The molecule has 0 saturated heterocycles. The average Bonchev–Trinajstić information content (AvgIpc) is 3.85. The summed E-state index contributed by atoms with van der Waals surface area (Å²) in [5, 5.41) is 15.4. The summed E-state index contributed by atoms with van der Waals surface area (Å²) < 4.78 is 0. The SMILES string of the molecule is Cc1cccc2c(-c3ccc4c(c3)C(C)(C)c3cc(-c5c6ccccc6c(-c6c7ccccc7c(-c7ccc8c(c7)C(C)(C)c7ccccc7-8)c7c(C)cccc67)c6ccccc56)ccc3-4)c3ccccc3c(-c3ccccc3)c12. The van der Waals surface area contributed by atoms with Crippen molar-refractivity contribution in [3.8, 4) is 77.9 Å². The van der Waals surface area contributed by atoms with Gasteiger partial charge in [-0.15, -0.1) is 0 Å². The van der Waals surface area contributed by atoms with Gasteiger partial charge in [0.1, 0.15) is 0 Å². The van der Waals surface area contributed by atoms with Crippen molar-refractivity contribution >= 4 is 64.6 Å². The molecule has 14 aromatic rings. The summed E-state index contributed by atoms with van der Waals surface area (Å²) in [5.41, 5.74) is 25.9. The predicted octanol–water partition coefficient (Wildman–Crippen LogP) is 22.2. The Morgan fingerprint density at radius 1 is 0.212 bits per heavy atom. The molecule has 2 aliphatic rings. The topological polar surface area (TPSA) is 0 Å². The van der Waals surface area contributed by atoms with Gasteiger partial charge in [0.25, 0.3) is 0 Å². The first kappa shape index (κ1) is 46.7. The van der Waals surface area contributed by atoms with Crippen LogP contribution in [0.3, 0.4) is 0 Å². The van der Waals surface area contributed by atoms with Crippen LogP contribution >= 0.6 is 0 Å². The van der Waals surface area contributed by atoms with Crippen molar-refractivity contribution in [2.75, 3.05) is 0 Å². The minimum Gasteiger partial charge on any atom is -0.0622 e. The van der Waals surface area contributed by atoms with Crippen molar-refractivity contribution in [2.45, 2.75) is 52.4 Å². The molecule has 80 heavy (non-hydrogen) atoms. The van der Waals surface area contributed by atoms with E-state index in [2.05, 4.69) is 284 Å². The van der Waals surface area contributed by atoms with Crippen molar-refractivity contribution in [1.82, 2.24) is 0 Å². The van der Waals surface area contributed by atoms with Gasteiger partial charge in [0.2, 0.25) is 0 Å². The monoisotopic (exact) mass is 1020 g/mol. The largest absolute Gasteiger partial charge is 0.0622 e. The molecule has 0 heterocycles. The molecule has 0 spiro atoms. The van der Waals surface area contributed by atoms with E-state index in [-0.39, 0.29) is 10.8 Å². The summed E-state index contributed by atoms with van der Waals surface area (Å²) in [4.78, 5) is 0. The molecule has 0 heteroatoms. The maximum atomic E-state index is 2.53. The number of benzene rings is 14. The van der Waals surface area contributed by atoms with E-state index in [0.717, 1.165) is 0 Å². The minimum atomic E-state index is -0.260. The highest BCUT2D eigenvalue weighted by Gasteiger charge is 2.38. The molecule has 0 bridgehead atoms. The molecule has 0 unspecified atom stereocenters. The summed E-state index contributed by atoms with van der Waals surface area (Å²) in [5.74, 6) is 0. The Hall–Kier alpha value is -9.36. The normalized spacial score (nSPS) is 13.8. The smallest absolute Gasteiger partial charge is 0.0159 e. The molecule has 14 aromatic carbocycles. The quantitative estimate of drug-likeness (QED) is 0.151. The van der Waals surface area contributed by atoms with Crippen molar-refractivity contribution in [2.24, 2.45) is 0 Å². The zero-order valence-corrected chi connectivity index (χ0v) is 46.1. The van der Waals surface area contributed by atoms with Gasteiger partial charge >= 0.3 is 0 Å². The van der Waals surface area contributed by atoms with Gasteiger partial charge in [-0.2, -0.15) is 0 Å². The molecule has 378 valence electrons. The zero-order chi connectivity index (χ0) is 53.8. The van der Waals surface area contributed by atoms with E-state index in [0.29, 0.717) is 0 Å². The Labute approximate surface area is 468 Å². The van der Waals surface area contributed by atoms with Crippen LogP contribution in [0.5, 0.6) is 0 Å². The predicted molar refractivity (Wildman–Crippen MR) is 343 cm³/mol. The van der Waals surface area contributed by atoms with E-state index in [1.807, 2.05) is 0 Å². The van der Waals surface area contributed by atoms with Crippen LogP contribution in [0.1, 0.15) is 61.1 Å². The van der Waals surface area contributed by atoms with Crippen LogP contribution in [0, 0.1) is 13.8 Å². The van der Waals surface area contributed by atoms with Crippen LogP contribution in [-0.2, 0) is 10.8 Å². The average molecular weight is 1020 g/mol. The Kier molecular flexibility index (Phi) is 9.97. The molecule has 16 rings (SSSR count). The fourth-order valence-electron chi connectivity index (χ4n) is 15.2. The van der Waals surface area contributed by atoms with Crippen molar-refractivity contribution in [3.63, 3.8) is 0 Å². The fraction of sp³-hybridized carbons (Fsp3) is 0.100. The lowest BCUT2D eigenvalue weighted by atomic mass is 9.78. The van der Waals surface area contributed by atoms with E-state index < -0.39 is 0 Å². The van der Waals surface area contributed by atoms with Gasteiger partial charge in [-0.1, -0.05) is 252 Å². The second kappa shape index (κ2) is 17.1. The molecule has 0 saturated carbocycles. The van der Waals surface area contributed by atoms with E-state index in [4.69, 9.17) is 0 Å². The molecule has 0 atom stereocenters. The molecule has 0 N–H and O–H groups in total. The van der Waals surface area contributed by atoms with Gasteiger partial charge in [-0.05, 0) is 208 Å². The highest BCUT2D eigenvalue weighted by Crippen LogP contribution is 2.56. The van der Waals surface area contributed by atoms with Gasteiger partial charge in [0, 0.05) is 10.8 Å². The third-order valence-electron chi connectivity index (χ3n) is 18.9. The van der Waals surface area contributed by atoms with E-state index in [1.165, 1.54) is 176 Å². The van der Waals surface area contributed by atoms with Gasteiger partial charge in [0.15, 0.2) is 0 Å². The first-order valence-corrected chi connectivity index (χ1v) is 28.5. The Bertz CT molecular complexity index is 4950. The number of fused-ring (bicyclic) bond motifs is 12. The van der Waals surface area contributed by atoms with Gasteiger partial charge in [0.05, 0.1) is 0 Å². The van der Waals surface area contributed by atoms with Crippen LogP contribution in [0.15, 0.2) is 243 Å². The van der Waals surface area contributed by atoms with Gasteiger partial charge in [-0.25, -0.2) is 0 Å². The third-order valence-corrected chi connectivity index (χ3v) is 18.9. The summed E-state index contributed by atoms with van der Waals surface area (Å²) in [6.07, 6.45) is 0. The molecule has 0 amide bonds. The highest BCUT2D eigenvalue weighted by molar-refractivity contribution is 6.30. The van der Waals surface area contributed by atoms with Crippen molar-refractivity contribution < 1.29 is 0 Å². The molecule has 0 fully saturated rings. The standard InChI is InChI=1S/C80H58/c1-47-22-20-35-65-71(47)75(49-24-8-7-9-25-49)60-30-13-10-27-57(60)74(65)51-39-42-56-55-41-38-50(44-69(55)80(5,6)70(56)45-51)73-58-28-11-15-32-62(58)77(63-33-16-12-29-59(63)73)78-64-34-17-14-31-61(64)76(72-48(2)23-21-36-66(72)78)52-40-43-54-53-26-18-19-37-67(53)79(3,4)68(54)46-52/h7-46H,1-6H3. The van der Waals surface area contributed by atoms with Crippen LogP contribution in [0.2, 0.25) is 0 Å². The van der Waals surface area contributed by atoms with Crippen molar-refractivity contribution in [3.05, 3.63) is 276 Å². The lowest BCUT2D eigenvalue weighted by Crippen LogP contribution is -2.15. The maximum absolute atomic E-state index is 2.53. The van der Waals surface area contributed by atoms with Gasteiger partial charge < -0.3 is 0 Å². The van der Waals surface area contributed by atoms with Crippen molar-refractivity contribution in [1.29, 1.82) is 0 Å². The third kappa shape index (κ3) is 6.45. The highest BCUT2D eigenvalue weighted by atomic mass is 14.4. The molecular formula is C80H58. The summed E-state index contributed by atoms with van der Waals surface area (Å²) in [6.45, 7) is 14.2. The Balaban J connectivity index is 0.877. The molecule has 0 aliphatic heterocycles. The molecule has 0 nitrogen and oxygen atoms in total. The fourth-order valence-corrected chi connectivity index (χ4v) is 15.2. The molecule has 0 aromatic heterocycles. The summed E-state index contributed by atoms with van der Waals surface area (Å²) >= 11 is 0. The first-order valence-electron chi connectivity index (χ1n) is 28.5. The number of aryl methyl sites for hydroxylation is 2. The Morgan fingerprint density at radius 2 is 0.512 bits per heavy atom. The summed E-state index contributed by atoms with van der Waals surface area (Å²) in [7, 11) is 0. The second-order valence-electron chi connectivity index (χ2n) is 23.9. The maximum Gasteiger partial charge on any atom is 0.0159 e.